The molecule has 0 amide bonds. The van der Waals surface area contributed by atoms with Crippen molar-refractivity contribution in [3.05, 3.63) is 82.4 Å². The third kappa shape index (κ3) is 5.98. The van der Waals surface area contributed by atoms with Crippen LogP contribution in [0, 0.1) is 5.92 Å². The summed E-state index contributed by atoms with van der Waals surface area (Å²) in [7, 11) is 0. The predicted octanol–water partition coefficient (Wildman–Crippen LogP) is 7.20. The highest BCUT2D eigenvalue weighted by atomic mass is 35.5. The van der Waals surface area contributed by atoms with Crippen LogP contribution in [0.1, 0.15) is 46.7 Å². The molecule has 2 aliphatic heterocycles. The zero-order valence-electron chi connectivity index (χ0n) is 20.7. The van der Waals surface area contributed by atoms with Gasteiger partial charge in [0.05, 0.1) is 23.1 Å². The second-order valence-electron chi connectivity index (χ2n) is 9.75. The monoisotopic (exact) mass is 559 g/mol. The van der Waals surface area contributed by atoms with Crippen LogP contribution < -0.4 is 14.4 Å². The molecule has 0 aliphatic carbocycles. The molecule has 5 rings (SSSR count). The molecule has 0 spiro atoms. The smallest absolute Gasteiger partial charge is 0.416 e. The SMILES string of the molecule is O=C(CC1CCN(c2cccc(C(F)(F)F)c2)C1)c1ccc(Oc2cc3c(cc2Cl)C(C(=O)O)CCO3)cc1. The van der Waals surface area contributed by atoms with E-state index in [0.29, 0.717) is 60.0 Å². The number of ketones is 1. The summed E-state index contributed by atoms with van der Waals surface area (Å²) in [6, 6.07) is 15.0. The van der Waals surface area contributed by atoms with Crippen molar-refractivity contribution in [2.45, 2.75) is 31.4 Å². The van der Waals surface area contributed by atoms with Crippen molar-refractivity contribution in [3.63, 3.8) is 0 Å². The van der Waals surface area contributed by atoms with Crippen LogP contribution in [-0.4, -0.2) is 36.6 Å². The van der Waals surface area contributed by atoms with Crippen LogP contribution in [-0.2, 0) is 11.0 Å². The summed E-state index contributed by atoms with van der Waals surface area (Å²) in [4.78, 5) is 26.3. The summed E-state index contributed by atoms with van der Waals surface area (Å²) in [6.07, 6.45) is -3.04. The van der Waals surface area contributed by atoms with Crippen molar-refractivity contribution in [1.82, 2.24) is 0 Å². The fraction of sp³-hybridized carbons (Fsp3) is 0.310. The quantitative estimate of drug-likeness (QED) is 0.308. The van der Waals surface area contributed by atoms with E-state index < -0.39 is 23.6 Å². The Morgan fingerprint density at radius 2 is 1.85 bits per heavy atom. The van der Waals surface area contributed by atoms with Crippen molar-refractivity contribution in [2.24, 2.45) is 5.92 Å². The first-order valence-corrected chi connectivity index (χ1v) is 12.9. The lowest BCUT2D eigenvalue weighted by Gasteiger charge is -2.24. The van der Waals surface area contributed by atoms with Crippen LogP contribution in [0.25, 0.3) is 0 Å². The molecule has 2 heterocycles. The first-order valence-electron chi connectivity index (χ1n) is 12.5. The first kappa shape index (κ1) is 26.9. The molecule has 2 atom stereocenters. The Hall–Kier alpha value is -3.72. The molecule has 3 aromatic rings. The number of hydrogen-bond donors (Lipinski definition) is 1. The van der Waals surface area contributed by atoms with Crippen molar-refractivity contribution in [3.8, 4) is 17.2 Å². The lowest BCUT2D eigenvalue weighted by atomic mass is 9.93. The van der Waals surface area contributed by atoms with Gasteiger partial charge in [-0.15, -0.1) is 0 Å². The van der Waals surface area contributed by atoms with Crippen molar-refractivity contribution in [2.75, 3.05) is 24.6 Å². The minimum Gasteiger partial charge on any atom is -0.493 e. The fourth-order valence-corrected chi connectivity index (χ4v) is 5.26. The second-order valence-corrected chi connectivity index (χ2v) is 10.2. The van der Waals surface area contributed by atoms with Gasteiger partial charge in [-0.1, -0.05) is 17.7 Å². The van der Waals surface area contributed by atoms with Crippen LogP contribution in [0.2, 0.25) is 5.02 Å². The van der Waals surface area contributed by atoms with Gasteiger partial charge >= 0.3 is 12.1 Å². The van der Waals surface area contributed by atoms with Gasteiger partial charge in [-0.2, -0.15) is 13.2 Å². The van der Waals surface area contributed by atoms with Gasteiger partial charge in [-0.25, -0.2) is 0 Å². The Kier molecular flexibility index (Phi) is 7.44. The van der Waals surface area contributed by atoms with E-state index in [1.807, 2.05) is 4.90 Å². The van der Waals surface area contributed by atoms with E-state index in [1.54, 1.807) is 42.5 Å². The van der Waals surface area contributed by atoms with Gasteiger partial charge in [-0.3, -0.25) is 9.59 Å². The fourth-order valence-electron chi connectivity index (χ4n) is 5.05. The van der Waals surface area contributed by atoms with Crippen LogP contribution in [0.15, 0.2) is 60.7 Å². The Labute approximate surface area is 227 Å². The third-order valence-corrected chi connectivity index (χ3v) is 7.40. The molecule has 1 fully saturated rings. The summed E-state index contributed by atoms with van der Waals surface area (Å²) in [5, 5.41) is 9.69. The number of carboxylic acids is 1. The number of carbonyl (C=O) groups excluding carboxylic acids is 1. The molecule has 39 heavy (non-hydrogen) atoms. The van der Waals surface area contributed by atoms with Gasteiger partial charge in [0.1, 0.15) is 17.2 Å². The van der Waals surface area contributed by atoms with Crippen LogP contribution in [0.3, 0.4) is 0 Å². The predicted molar refractivity (Wildman–Crippen MR) is 139 cm³/mol. The Morgan fingerprint density at radius 1 is 1.08 bits per heavy atom. The second kappa shape index (κ2) is 10.8. The zero-order valence-corrected chi connectivity index (χ0v) is 21.5. The summed E-state index contributed by atoms with van der Waals surface area (Å²) in [5.41, 5.74) is 0.830. The number of aliphatic carboxylic acids is 1. The van der Waals surface area contributed by atoms with Gasteiger partial charge in [-0.05, 0) is 67.3 Å². The maximum atomic E-state index is 13.1. The number of alkyl halides is 3. The van der Waals surface area contributed by atoms with Gasteiger partial charge in [0.2, 0.25) is 0 Å². The van der Waals surface area contributed by atoms with E-state index in [2.05, 4.69) is 0 Å². The molecule has 2 aliphatic rings. The maximum Gasteiger partial charge on any atom is 0.416 e. The Balaban J connectivity index is 1.20. The van der Waals surface area contributed by atoms with Crippen LogP contribution >= 0.6 is 11.6 Å². The largest absolute Gasteiger partial charge is 0.493 e. The van der Waals surface area contributed by atoms with E-state index in [9.17, 15) is 27.9 Å². The molecule has 6 nitrogen and oxygen atoms in total. The number of halogens is 4. The molecule has 0 saturated carbocycles. The molecule has 3 aromatic carbocycles. The van der Waals surface area contributed by atoms with Crippen molar-refractivity contribution < 1.29 is 37.3 Å². The number of benzene rings is 3. The van der Waals surface area contributed by atoms with E-state index in [0.717, 1.165) is 12.1 Å². The molecule has 10 heteroatoms. The summed E-state index contributed by atoms with van der Waals surface area (Å²) >= 11 is 6.36. The number of ether oxygens (including phenoxy) is 2. The lowest BCUT2D eigenvalue weighted by Crippen LogP contribution is -2.21. The van der Waals surface area contributed by atoms with Gasteiger partial charge < -0.3 is 19.5 Å². The van der Waals surface area contributed by atoms with E-state index >= 15 is 0 Å². The molecule has 204 valence electrons. The van der Waals surface area contributed by atoms with Crippen molar-refractivity contribution in [1.29, 1.82) is 0 Å². The standard InChI is InChI=1S/C29H25ClF3NO5/c30-24-14-23-22(28(36)37)9-11-38-26(23)15-27(24)39-21-6-4-18(5-7-21)25(35)12-17-8-10-34(16-17)20-3-1-2-19(13-20)29(31,32)33/h1-7,13-15,17,22H,8-12,16H2,(H,36,37). The molecule has 1 saturated heterocycles. The Morgan fingerprint density at radius 3 is 2.56 bits per heavy atom. The van der Waals surface area contributed by atoms with E-state index in [1.165, 1.54) is 6.07 Å². The number of anilines is 1. The van der Waals surface area contributed by atoms with Gasteiger partial charge in [0, 0.05) is 42.4 Å². The average Bonchev–Trinajstić information content (AvgIpc) is 3.37. The highest BCUT2D eigenvalue weighted by Gasteiger charge is 2.32. The minimum absolute atomic E-state index is 0.0342. The average molecular weight is 560 g/mol. The van der Waals surface area contributed by atoms with Gasteiger partial charge in [0.15, 0.2) is 5.78 Å². The molecule has 2 unspecified atom stereocenters. The summed E-state index contributed by atoms with van der Waals surface area (Å²) < 4.78 is 50.7. The van der Waals surface area contributed by atoms with Crippen LogP contribution in [0.4, 0.5) is 18.9 Å². The number of rotatable bonds is 7. The number of nitrogens with zero attached hydrogens (tertiary/aromatic N) is 1. The normalized spacial score (nSPS) is 18.8. The minimum atomic E-state index is -4.40. The number of carboxylic acid groups (broad SMARTS) is 1. The highest BCUT2D eigenvalue weighted by molar-refractivity contribution is 6.32. The zero-order chi connectivity index (χ0) is 27.7. The maximum absolute atomic E-state index is 13.1. The molecule has 0 radical (unpaired) electrons. The number of hydrogen-bond acceptors (Lipinski definition) is 5. The van der Waals surface area contributed by atoms with Gasteiger partial charge in [0.25, 0.3) is 0 Å². The summed E-state index contributed by atoms with van der Waals surface area (Å²) in [5.74, 6) is -0.496. The topological polar surface area (TPSA) is 76.1 Å². The van der Waals surface area contributed by atoms with E-state index in [-0.39, 0.29) is 29.8 Å². The third-order valence-electron chi connectivity index (χ3n) is 7.10. The number of carbonyl (C=O) groups is 2. The molecule has 1 N–H and O–H groups in total. The first-order chi connectivity index (χ1) is 18.6. The van der Waals surface area contributed by atoms with Crippen molar-refractivity contribution >= 4 is 29.0 Å². The Bertz CT molecular complexity index is 1390. The number of Topliss-reactive ketones (excluding diaryl/α,β-unsaturated/α-hetero) is 1. The highest BCUT2D eigenvalue weighted by Crippen LogP contribution is 2.42. The lowest BCUT2D eigenvalue weighted by molar-refractivity contribution is -0.139. The number of fused-ring (bicyclic) bond motifs is 1. The molecular formula is C29H25ClF3NO5. The van der Waals surface area contributed by atoms with E-state index in [4.69, 9.17) is 21.1 Å². The molecule has 0 bridgehead atoms. The molecule has 0 aromatic heterocycles. The van der Waals surface area contributed by atoms with Crippen LogP contribution in [0.5, 0.6) is 17.2 Å². The summed E-state index contributed by atoms with van der Waals surface area (Å²) in [6.45, 7) is 1.38. The molecular weight excluding hydrogens is 535 g/mol.